The maximum Gasteiger partial charge on any atom is 0.408 e. The van der Waals surface area contributed by atoms with Crippen LogP contribution in [-0.2, 0) is 20.9 Å². The lowest BCUT2D eigenvalue weighted by atomic mass is 10.1. The zero-order valence-electron chi connectivity index (χ0n) is 19.5. The number of hydrogen-bond acceptors (Lipinski definition) is 5. The van der Waals surface area contributed by atoms with Crippen molar-refractivity contribution in [3.8, 4) is 5.75 Å². The molecule has 0 bridgehead atoms. The summed E-state index contributed by atoms with van der Waals surface area (Å²) in [5.74, 6) is -1.71. The third-order valence-electron chi connectivity index (χ3n) is 4.59. The summed E-state index contributed by atoms with van der Waals surface area (Å²) < 4.78 is 23.3. The van der Waals surface area contributed by atoms with E-state index in [1.807, 2.05) is 0 Å². The predicted molar refractivity (Wildman–Crippen MR) is 135 cm³/mol. The van der Waals surface area contributed by atoms with E-state index in [0.29, 0.717) is 21.8 Å². The fourth-order valence-electron chi connectivity index (χ4n) is 2.74. The van der Waals surface area contributed by atoms with Crippen LogP contribution in [0.25, 0.3) is 0 Å². The van der Waals surface area contributed by atoms with E-state index in [0.717, 1.165) is 0 Å². The second kappa shape index (κ2) is 14.3. The number of carbonyl (C=O) groups is 3. The smallest absolute Gasteiger partial charge is 0.408 e. The molecular weight excluding hydrogens is 491 g/mol. The number of amides is 2. The van der Waals surface area contributed by atoms with Crippen molar-refractivity contribution >= 4 is 35.3 Å². The first kappa shape index (κ1) is 28.1. The zero-order chi connectivity index (χ0) is 26.5. The summed E-state index contributed by atoms with van der Waals surface area (Å²) in [7, 11) is 0. The molecule has 0 fully saturated rings. The molecule has 3 N–H and O–H groups in total. The van der Waals surface area contributed by atoms with Gasteiger partial charge in [-0.05, 0) is 48.4 Å². The zero-order valence-corrected chi connectivity index (χ0v) is 20.3. The Hall–Kier alpha value is -4.11. The molecule has 2 aromatic rings. The highest BCUT2D eigenvalue weighted by Gasteiger charge is 2.22. The lowest BCUT2D eigenvalue weighted by Gasteiger charge is -2.16. The van der Waals surface area contributed by atoms with Crippen molar-refractivity contribution in [1.29, 1.82) is 0 Å². The maximum atomic E-state index is 12.9. The van der Waals surface area contributed by atoms with Crippen molar-refractivity contribution in [3.05, 3.63) is 95.3 Å². The van der Waals surface area contributed by atoms with Gasteiger partial charge < -0.3 is 25.2 Å². The van der Waals surface area contributed by atoms with Gasteiger partial charge in [0.25, 0.3) is 0 Å². The number of benzene rings is 2. The molecule has 1 atom stereocenters. The van der Waals surface area contributed by atoms with Gasteiger partial charge in [-0.2, -0.15) is 0 Å². The second-order valence-electron chi connectivity index (χ2n) is 7.47. The van der Waals surface area contributed by atoms with Gasteiger partial charge in [0.05, 0.1) is 17.3 Å². The van der Waals surface area contributed by atoms with E-state index in [4.69, 9.17) is 21.1 Å². The van der Waals surface area contributed by atoms with Crippen molar-refractivity contribution in [1.82, 2.24) is 5.32 Å². The Morgan fingerprint density at radius 1 is 1.14 bits per heavy atom. The molecule has 0 spiro atoms. The topological polar surface area (TPSA) is 114 Å². The second-order valence-corrected chi connectivity index (χ2v) is 7.88. The molecule has 36 heavy (non-hydrogen) atoms. The number of hydrogen-bond donors (Lipinski definition) is 3. The van der Waals surface area contributed by atoms with Crippen molar-refractivity contribution in [2.45, 2.75) is 26.0 Å². The van der Waals surface area contributed by atoms with Gasteiger partial charge in [0, 0.05) is 5.69 Å². The third kappa shape index (κ3) is 10.0. The number of para-hydroxylation sites is 1. The number of aliphatic carboxylic acids is 1. The summed E-state index contributed by atoms with van der Waals surface area (Å²) in [4.78, 5) is 35.7. The molecule has 0 heterocycles. The van der Waals surface area contributed by atoms with Crippen LogP contribution in [0.1, 0.15) is 18.9 Å². The maximum absolute atomic E-state index is 12.9. The minimum Gasteiger partial charge on any atom is -0.489 e. The summed E-state index contributed by atoms with van der Waals surface area (Å²) in [6.45, 7) is 4.43. The van der Waals surface area contributed by atoms with E-state index in [9.17, 15) is 23.9 Å². The Balaban J connectivity index is 1.83. The van der Waals surface area contributed by atoms with Crippen LogP contribution >= 0.6 is 11.6 Å². The average Bonchev–Trinajstić information content (AvgIpc) is 2.84. The van der Waals surface area contributed by atoms with Crippen molar-refractivity contribution in [3.63, 3.8) is 0 Å². The monoisotopic (exact) mass is 516 g/mol. The number of rotatable bonds is 12. The van der Waals surface area contributed by atoms with Gasteiger partial charge in [0.1, 0.15) is 19.0 Å². The summed E-state index contributed by atoms with van der Waals surface area (Å²) in [6, 6.07) is 11.7. The first-order valence-electron chi connectivity index (χ1n) is 10.8. The van der Waals surface area contributed by atoms with Gasteiger partial charge in [-0.15, -0.1) is 0 Å². The normalized spacial score (nSPS) is 12.3. The van der Waals surface area contributed by atoms with Crippen LogP contribution in [0, 0.1) is 0 Å². The number of allylic oxidation sites excluding steroid dienone is 4. The minimum atomic E-state index is -1.36. The van der Waals surface area contributed by atoms with E-state index >= 15 is 0 Å². The summed E-state index contributed by atoms with van der Waals surface area (Å²) in [5.41, 5.74) is 1.67. The largest absolute Gasteiger partial charge is 0.489 e. The number of carboxylic acid groups (broad SMARTS) is 1. The molecule has 190 valence electrons. The molecule has 0 radical (unpaired) electrons. The molecule has 2 rings (SSSR count). The average molecular weight is 517 g/mol. The number of carboxylic acids is 1. The lowest BCUT2D eigenvalue weighted by molar-refractivity contribution is -0.140. The van der Waals surface area contributed by atoms with Crippen LogP contribution in [0.5, 0.6) is 5.75 Å². The molecule has 8 nitrogen and oxygen atoms in total. The Morgan fingerprint density at radius 2 is 1.83 bits per heavy atom. The van der Waals surface area contributed by atoms with Crippen LogP contribution in [0.2, 0.25) is 5.02 Å². The summed E-state index contributed by atoms with van der Waals surface area (Å²) >= 11 is 5.97. The van der Waals surface area contributed by atoms with E-state index in [-0.39, 0.29) is 37.1 Å². The number of anilines is 1. The number of carbonyl (C=O) groups excluding carboxylic acids is 2. The lowest BCUT2D eigenvalue weighted by Crippen LogP contribution is -2.45. The standard InChI is InChI=1S/C26H26ClFN2O6/c1-3-18(9-8-17(2)28)14-24(31)29-20-12-10-19(11-13-20)15-36-26(34)30-22(25(32)33)16-35-23-7-5-4-6-21(23)27/h3-13,22H,1,14-16H2,2H3,(H,29,31)(H,30,34)(H,32,33)/b17-8+,18-9+/t22-/m0/s1. The minimum absolute atomic E-state index is 0.0171. The highest BCUT2D eigenvalue weighted by atomic mass is 35.5. The Bertz CT molecular complexity index is 1140. The SMILES string of the molecule is C=C/C(=C\C=C(/C)F)CC(=O)Nc1ccc(COC(=O)N[C@@H](COc2ccccc2Cl)C(=O)O)cc1. The van der Waals surface area contributed by atoms with Crippen molar-refractivity contribution < 1.29 is 33.4 Å². The van der Waals surface area contributed by atoms with E-state index in [2.05, 4.69) is 17.2 Å². The molecule has 0 saturated heterocycles. The molecule has 0 aromatic heterocycles. The fraction of sp³-hybridized carbons (Fsp3) is 0.192. The Kier molecular flexibility index (Phi) is 11.2. The van der Waals surface area contributed by atoms with Gasteiger partial charge in [-0.3, -0.25) is 4.79 Å². The predicted octanol–water partition coefficient (Wildman–Crippen LogP) is 5.41. The first-order chi connectivity index (χ1) is 17.2. The summed E-state index contributed by atoms with van der Waals surface area (Å²) in [5, 5.41) is 14.6. The van der Waals surface area contributed by atoms with Gasteiger partial charge in [0.2, 0.25) is 5.91 Å². The Labute approximate surface area is 213 Å². The number of ether oxygens (including phenoxy) is 2. The quantitative estimate of drug-likeness (QED) is 0.325. The Morgan fingerprint density at radius 3 is 2.44 bits per heavy atom. The van der Waals surface area contributed by atoms with Gasteiger partial charge in [-0.1, -0.05) is 54.6 Å². The molecule has 0 aliphatic carbocycles. The van der Waals surface area contributed by atoms with Crippen LogP contribution in [-0.4, -0.2) is 35.7 Å². The number of nitrogens with one attached hydrogen (secondary N) is 2. The van der Waals surface area contributed by atoms with Gasteiger partial charge >= 0.3 is 12.1 Å². The molecule has 2 aromatic carbocycles. The van der Waals surface area contributed by atoms with Crippen LogP contribution in [0.15, 0.2) is 84.7 Å². The van der Waals surface area contributed by atoms with Crippen molar-refractivity contribution in [2.24, 2.45) is 0 Å². The van der Waals surface area contributed by atoms with Crippen LogP contribution in [0.4, 0.5) is 14.9 Å². The van der Waals surface area contributed by atoms with E-state index < -0.39 is 18.1 Å². The van der Waals surface area contributed by atoms with Crippen LogP contribution in [0.3, 0.4) is 0 Å². The molecule has 0 saturated carbocycles. The summed E-state index contributed by atoms with van der Waals surface area (Å²) in [6.07, 6.45) is 3.28. The molecular formula is C26H26ClFN2O6. The third-order valence-corrected chi connectivity index (χ3v) is 4.91. The molecule has 2 amide bonds. The highest BCUT2D eigenvalue weighted by molar-refractivity contribution is 6.32. The highest BCUT2D eigenvalue weighted by Crippen LogP contribution is 2.23. The van der Waals surface area contributed by atoms with Gasteiger partial charge in [0.15, 0.2) is 6.04 Å². The molecule has 0 unspecified atom stereocenters. The number of alkyl carbamates (subject to hydrolysis) is 1. The fourth-order valence-corrected chi connectivity index (χ4v) is 2.93. The molecule has 10 heteroatoms. The van der Waals surface area contributed by atoms with Crippen LogP contribution < -0.4 is 15.4 Å². The first-order valence-corrected chi connectivity index (χ1v) is 11.1. The van der Waals surface area contributed by atoms with Gasteiger partial charge in [-0.25, -0.2) is 14.0 Å². The van der Waals surface area contributed by atoms with Crippen molar-refractivity contribution in [2.75, 3.05) is 11.9 Å². The van der Waals surface area contributed by atoms with E-state index in [1.54, 1.807) is 48.5 Å². The molecule has 0 aliphatic rings. The number of halogens is 2. The molecule has 0 aliphatic heterocycles. The van der Waals surface area contributed by atoms with E-state index in [1.165, 1.54) is 25.2 Å².